The van der Waals surface area contributed by atoms with Crippen molar-refractivity contribution in [3.63, 3.8) is 0 Å². The number of thioether (sulfide) groups is 1. The monoisotopic (exact) mass is 271 g/mol. The fraction of sp³-hybridized carbons (Fsp3) is 0.833. The quantitative estimate of drug-likeness (QED) is 0.847. The predicted octanol–water partition coefficient (Wildman–Crippen LogP) is 3.74. The van der Waals surface area contributed by atoms with E-state index in [-0.39, 0.29) is 0 Å². The summed E-state index contributed by atoms with van der Waals surface area (Å²) in [6, 6.07) is 0.564. The number of aryl methyl sites for hydroxylation is 1. The van der Waals surface area contributed by atoms with Crippen LogP contribution in [0.5, 0.6) is 0 Å². The third kappa shape index (κ3) is 2.94. The molecule has 0 amide bonds. The zero-order valence-corrected chi connectivity index (χ0v) is 12.2. The van der Waals surface area contributed by atoms with Crippen LogP contribution in [0.1, 0.15) is 50.9 Å². The van der Waals surface area contributed by atoms with Gasteiger partial charge in [0.05, 0.1) is 0 Å². The molecule has 0 aromatic carbocycles. The van der Waals surface area contributed by atoms with Crippen molar-refractivity contribution in [2.24, 2.45) is 0 Å². The van der Waals surface area contributed by atoms with Gasteiger partial charge in [0.15, 0.2) is 4.77 Å². The number of hydrogen-bond acceptors (Lipinski definition) is 3. The number of aromatic nitrogens is 3. The Labute approximate surface area is 112 Å². The Balaban J connectivity index is 2.20. The van der Waals surface area contributed by atoms with E-state index in [1.54, 1.807) is 0 Å². The highest BCUT2D eigenvalue weighted by Gasteiger charge is 2.24. The summed E-state index contributed by atoms with van der Waals surface area (Å²) in [5.74, 6) is 1.14. The second-order valence-electron chi connectivity index (χ2n) is 4.74. The molecular formula is C12H21N3S2. The number of aromatic amines is 1. The van der Waals surface area contributed by atoms with Gasteiger partial charge in [0.2, 0.25) is 0 Å². The number of hydrogen-bond donors (Lipinski definition) is 1. The molecule has 17 heavy (non-hydrogen) atoms. The second-order valence-corrected chi connectivity index (χ2v) is 6.27. The van der Waals surface area contributed by atoms with Crippen LogP contribution >= 0.6 is 24.0 Å². The molecule has 1 aromatic rings. The summed E-state index contributed by atoms with van der Waals surface area (Å²) in [6.45, 7) is 2.19. The maximum absolute atomic E-state index is 5.38. The van der Waals surface area contributed by atoms with Gasteiger partial charge in [-0.3, -0.25) is 5.10 Å². The molecule has 0 aliphatic heterocycles. The van der Waals surface area contributed by atoms with Crippen molar-refractivity contribution in [2.45, 2.75) is 56.7 Å². The third-order valence-corrected chi connectivity index (χ3v) is 4.93. The Morgan fingerprint density at radius 3 is 3.06 bits per heavy atom. The molecule has 2 atom stereocenters. The number of nitrogens with zero attached hydrogens (tertiary/aromatic N) is 2. The van der Waals surface area contributed by atoms with E-state index in [0.717, 1.165) is 28.7 Å². The minimum absolute atomic E-state index is 0.564. The molecule has 1 aliphatic rings. The maximum atomic E-state index is 5.38. The summed E-state index contributed by atoms with van der Waals surface area (Å²) in [6.07, 6.45) is 9.52. The fourth-order valence-electron chi connectivity index (χ4n) is 2.68. The highest BCUT2D eigenvalue weighted by atomic mass is 32.2. The first-order chi connectivity index (χ1) is 8.26. The van der Waals surface area contributed by atoms with Crippen molar-refractivity contribution in [3.8, 4) is 0 Å². The van der Waals surface area contributed by atoms with Gasteiger partial charge in [0.1, 0.15) is 5.82 Å². The van der Waals surface area contributed by atoms with E-state index in [1.165, 1.54) is 25.7 Å². The van der Waals surface area contributed by atoms with Gasteiger partial charge >= 0.3 is 0 Å². The van der Waals surface area contributed by atoms with Gasteiger partial charge in [-0.25, -0.2) is 0 Å². The number of rotatable bonds is 4. The first-order valence-electron chi connectivity index (χ1n) is 6.44. The van der Waals surface area contributed by atoms with Crippen molar-refractivity contribution < 1.29 is 0 Å². The topological polar surface area (TPSA) is 33.6 Å². The number of H-pyrrole nitrogens is 1. The van der Waals surface area contributed by atoms with Crippen molar-refractivity contribution in [2.75, 3.05) is 6.26 Å². The van der Waals surface area contributed by atoms with Gasteiger partial charge in [-0.15, -0.1) is 0 Å². The van der Waals surface area contributed by atoms with E-state index in [9.17, 15) is 0 Å². The molecule has 96 valence electrons. The molecule has 3 nitrogen and oxygen atoms in total. The van der Waals surface area contributed by atoms with Crippen LogP contribution in [0, 0.1) is 4.77 Å². The first-order valence-corrected chi connectivity index (χ1v) is 8.14. The second kappa shape index (κ2) is 6.05. The molecule has 2 unspecified atom stereocenters. The summed E-state index contributed by atoms with van der Waals surface area (Å²) in [7, 11) is 0. The van der Waals surface area contributed by atoms with Crippen molar-refractivity contribution in [3.05, 3.63) is 10.6 Å². The molecule has 0 spiro atoms. The fourth-order valence-corrected chi connectivity index (χ4v) is 3.80. The Bertz CT molecular complexity index is 410. The summed E-state index contributed by atoms with van der Waals surface area (Å²) in [5, 5.41) is 8.12. The Kier molecular flexibility index (Phi) is 4.68. The minimum atomic E-state index is 0.564. The lowest BCUT2D eigenvalue weighted by atomic mass is 9.94. The zero-order chi connectivity index (χ0) is 12.3. The largest absolute Gasteiger partial charge is 0.301 e. The maximum Gasteiger partial charge on any atom is 0.195 e. The molecule has 1 fully saturated rings. The molecule has 0 bridgehead atoms. The van der Waals surface area contributed by atoms with Crippen LogP contribution in [0.2, 0.25) is 0 Å². The van der Waals surface area contributed by atoms with Crippen LogP contribution in [-0.2, 0) is 6.42 Å². The molecular weight excluding hydrogens is 250 g/mol. The van der Waals surface area contributed by atoms with Gasteiger partial charge < -0.3 is 4.57 Å². The summed E-state index contributed by atoms with van der Waals surface area (Å²) >= 11 is 7.37. The summed E-state index contributed by atoms with van der Waals surface area (Å²) in [4.78, 5) is 0. The van der Waals surface area contributed by atoms with Crippen molar-refractivity contribution in [1.29, 1.82) is 0 Å². The van der Waals surface area contributed by atoms with Crippen LogP contribution < -0.4 is 0 Å². The third-order valence-electron chi connectivity index (χ3n) is 3.55. The van der Waals surface area contributed by atoms with E-state index < -0.39 is 0 Å². The van der Waals surface area contributed by atoms with E-state index in [4.69, 9.17) is 12.2 Å². The zero-order valence-electron chi connectivity index (χ0n) is 10.6. The van der Waals surface area contributed by atoms with Gasteiger partial charge in [-0.2, -0.15) is 16.9 Å². The lowest BCUT2D eigenvalue weighted by Crippen LogP contribution is -2.22. The molecule has 1 heterocycles. The van der Waals surface area contributed by atoms with E-state index in [0.29, 0.717) is 6.04 Å². The van der Waals surface area contributed by atoms with Crippen LogP contribution in [-0.4, -0.2) is 26.3 Å². The molecule has 5 heteroatoms. The Morgan fingerprint density at radius 2 is 2.35 bits per heavy atom. The molecule has 1 aromatic heterocycles. The highest BCUT2D eigenvalue weighted by molar-refractivity contribution is 7.99. The van der Waals surface area contributed by atoms with E-state index in [2.05, 4.69) is 27.9 Å². The average Bonchev–Trinajstić information content (AvgIpc) is 2.71. The molecule has 1 N–H and O–H groups in total. The van der Waals surface area contributed by atoms with Crippen LogP contribution in [0.15, 0.2) is 0 Å². The highest BCUT2D eigenvalue weighted by Crippen LogP contribution is 2.34. The molecule has 2 rings (SSSR count). The van der Waals surface area contributed by atoms with Crippen molar-refractivity contribution in [1.82, 2.24) is 14.8 Å². The minimum Gasteiger partial charge on any atom is -0.301 e. The Hall–Kier alpha value is -0.290. The van der Waals surface area contributed by atoms with E-state index in [1.807, 2.05) is 11.8 Å². The van der Waals surface area contributed by atoms with E-state index >= 15 is 0 Å². The number of nitrogens with one attached hydrogen (secondary N) is 1. The molecule has 1 aliphatic carbocycles. The smallest absolute Gasteiger partial charge is 0.195 e. The molecule has 1 saturated carbocycles. The lowest BCUT2D eigenvalue weighted by Gasteiger charge is -2.29. The summed E-state index contributed by atoms with van der Waals surface area (Å²) < 4.78 is 3.08. The first kappa shape index (κ1) is 13.1. The van der Waals surface area contributed by atoms with Gasteiger partial charge in [-0.1, -0.05) is 13.3 Å². The van der Waals surface area contributed by atoms with Crippen molar-refractivity contribution >= 4 is 24.0 Å². The molecule has 0 saturated heterocycles. The standard InChI is InChI=1S/C12H21N3S2/c1-3-5-11-13-14-12(16)15(11)9-6-4-7-10(8-9)17-2/h9-10H,3-8H2,1-2H3,(H,14,16). The lowest BCUT2D eigenvalue weighted by molar-refractivity contribution is 0.349. The van der Waals surface area contributed by atoms with Gasteiger partial charge in [0.25, 0.3) is 0 Å². The van der Waals surface area contributed by atoms with Gasteiger partial charge in [0, 0.05) is 17.7 Å². The van der Waals surface area contributed by atoms with Crippen LogP contribution in [0.3, 0.4) is 0 Å². The predicted molar refractivity (Wildman–Crippen MR) is 76.2 cm³/mol. The summed E-state index contributed by atoms with van der Waals surface area (Å²) in [5.41, 5.74) is 0. The average molecular weight is 271 g/mol. The molecule has 0 radical (unpaired) electrons. The van der Waals surface area contributed by atoms with Crippen LogP contribution in [0.25, 0.3) is 0 Å². The van der Waals surface area contributed by atoms with Crippen LogP contribution in [0.4, 0.5) is 0 Å². The van der Waals surface area contributed by atoms with Gasteiger partial charge in [-0.05, 0) is 44.2 Å². The normalized spacial score (nSPS) is 25.1. The SMILES string of the molecule is CCCc1n[nH]c(=S)n1C1CCCC(SC)C1. The Morgan fingerprint density at radius 1 is 1.53 bits per heavy atom.